The molecule has 11 heavy (non-hydrogen) atoms. The van der Waals surface area contributed by atoms with E-state index in [2.05, 4.69) is 0 Å². The molecule has 0 radical (unpaired) electrons. The zero-order chi connectivity index (χ0) is 8.65. The van der Waals surface area contributed by atoms with E-state index >= 15 is 0 Å². The lowest BCUT2D eigenvalue weighted by Gasteiger charge is -2.22. The van der Waals surface area contributed by atoms with Crippen LogP contribution in [0.4, 0.5) is 0 Å². The second-order valence-electron chi connectivity index (χ2n) is 3.81. The molecule has 4 nitrogen and oxygen atoms in total. The van der Waals surface area contributed by atoms with Crippen LogP contribution < -0.4 is 0 Å². The largest absolute Gasteiger partial charge is 0.481 e. The number of hydrogen-bond acceptors (Lipinski definition) is 2. The zero-order valence-corrected chi connectivity index (χ0v) is 6.82. The molecule has 0 unspecified atom stereocenters. The van der Waals surface area contributed by atoms with Crippen molar-refractivity contribution in [2.75, 3.05) is 27.2 Å². The van der Waals surface area contributed by atoms with Crippen LogP contribution in [0.2, 0.25) is 0 Å². The summed E-state index contributed by atoms with van der Waals surface area (Å²) in [6, 6.07) is 0. The van der Waals surface area contributed by atoms with Crippen LogP contribution in [0.15, 0.2) is 0 Å². The van der Waals surface area contributed by atoms with Gasteiger partial charge in [-0.3, -0.25) is 4.79 Å². The van der Waals surface area contributed by atoms with E-state index in [-0.39, 0.29) is 0 Å². The zero-order valence-electron chi connectivity index (χ0n) is 6.82. The van der Waals surface area contributed by atoms with E-state index in [9.17, 15) is 9.90 Å². The van der Waals surface area contributed by atoms with Crippen molar-refractivity contribution in [3.05, 3.63) is 0 Å². The van der Waals surface area contributed by atoms with Gasteiger partial charge in [0.25, 0.3) is 0 Å². The highest BCUT2D eigenvalue weighted by molar-refractivity contribution is 5.71. The third-order valence-corrected chi connectivity index (χ3v) is 2.15. The highest BCUT2D eigenvalue weighted by Gasteiger charge is 2.43. The molecule has 0 aromatic carbocycles. The number of carboxylic acid groups (broad SMARTS) is 1. The van der Waals surface area contributed by atoms with Crippen molar-refractivity contribution >= 4 is 5.97 Å². The van der Waals surface area contributed by atoms with Gasteiger partial charge in [0.1, 0.15) is 18.6 Å². The summed E-state index contributed by atoms with van der Waals surface area (Å²) in [5.41, 5.74) is 0. The number of likely N-dealkylation sites (tertiary alicyclic amines) is 1. The van der Waals surface area contributed by atoms with Gasteiger partial charge in [0, 0.05) is 0 Å². The molecule has 1 heterocycles. The van der Waals surface area contributed by atoms with Crippen molar-refractivity contribution in [2.45, 2.75) is 6.10 Å². The summed E-state index contributed by atoms with van der Waals surface area (Å²) in [4.78, 5) is 10.5. The average Bonchev–Trinajstić information content (AvgIpc) is 2.05. The first-order valence-electron chi connectivity index (χ1n) is 3.65. The predicted octanol–water partition coefficient (Wildman–Crippen LogP) is -0.862. The Morgan fingerprint density at radius 3 is 2.18 bits per heavy atom. The van der Waals surface area contributed by atoms with Crippen LogP contribution in [0.5, 0.6) is 0 Å². The maximum Gasteiger partial charge on any atom is 0.315 e. The summed E-state index contributed by atoms with van der Waals surface area (Å²) in [6.07, 6.45) is -0.678. The Balaban J connectivity index is 2.66. The number of quaternary nitrogens is 1. The van der Waals surface area contributed by atoms with E-state index in [4.69, 9.17) is 5.11 Å². The minimum absolute atomic E-state index is 0.524. The van der Waals surface area contributed by atoms with Crippen LogP contribution in [0.3, 0.4) is 0 Å². The average molecular weight is 160 g/mol. The number of rotatable bonds is 1. The molecule has 2 N–H and O–H groups in total. The van der Waals surface area contributed by atoms with E-state index in [1.165, 1.54) is 0 Å². The van der Waals surface area contributed by atoms with Crippen molar-refractivity contribution in [3.8, 4) is 0 Å². The fourth-order valence-electron chi connectivity index (χ4n) is 1.60. The molecule has 0 spiro atoms. The van der Waals surface area contributed by atoms with Crippen LogP contribution in [-0.4, -0.2) is 54.0 Å². The third kappa shape index (κ3) is 1.70. The van der Waals surface area contributed by atoms with Gasteiger partial charge in [-0.25, -0.2) is 0 Å². The number of hydrogen-bond donors (Lipinski definition) is 2. The Labute approximate surface area is 65.6 Å². The van der Waals surface area contributed by atoms with Crippen LogP contribution in [0.25, 0.3) is 0 Å². The molecule has 2 atom stereocenters. The van der Waals surface area contributed by atoms with Gasteiger partial charge in [0.2, 0.25) is 0 Å². The fraction of sp³-hybridized carbons (Fsp3) is 0.857. The second-order valence-corrected chi connectivity index (χ2v) is 3.81. The van der Waals surface area contributed by atoms with Gasteiger partial charge >= 0.3 is 5.97 Å². The molecular formula is C7H14NO3+. The van der Waals surface area contributed by atoms with E-state index in [0.29, 0.717) is 17.6 Å². The standard InChI is InChI=1S/C7H13NO3/c1-8(2)3-5(7(10)11)6(9)4-8/h5-6,9H,3-4H2,1-2H3/p+1/t5-,6-/m1/s1. The van der Waals surface area contributed by atoms with Gasteiger partial charge in [-0.2, -0.15) is 0 Å². The number of aliphatic carboxylic acids is 1. The van der Waals surface area contributed by atoms with Crippen LogP contribution in [0.1, 0.15) is 0 Å². The summed E-state index contributed by atoms with van der Waals surface area (Å²) in [6.45, 7) is 1.06. The van der Waals surface area contributed by atoms with Crippen molar-refractivity contribution < 1.29 is 19.5 Å². The SMILES string of the molecule is C[N+]1(C)C[C@@H](O)[C@H](C(=O)O)C1. The number of aliphatic hydroxyl groups excluding tert-OH is 1. The molecule has 0 aliphatic carbocycles. The summed E-state index contributed by atoms with van der Waals surface area (Å²) >= 11 is 0. The third-order valence-electron chi connectivity index (χ3n) is 2.15. The molecule has 0 amide bonds. The first-order valence-corrected chi connectivity index (χ1v) is 3.65. The second kappa shape index (κ2) is 2.46. The lowest BCUT2D eigenvalue weighted by Crippen LogP contribution is -2.37. The highest BCUT2D eigenvalue weighted by atomic mass is 16.4. The lowest BCUT2D eigenvalue weighted by atomic mass is 10.1. The molecule has 1 rings (SSSR count). The Morgan fingerprint density at radius 1 is 1.45 bits per heavy atom. The van der Waals surface area contributed by atoms with Crippen LogP contribution in [0, 0.1) is 5.92 Å². The van der Waals surface area contributed by atoms with E-state index in [1.807, 2.05) is 14.1 Å². The Kier molecular flexibility index (Phi) is 1.90. The molecule has 1 saturated heterocycles. The first-order chi connectivity index (χ1) is 4.92. The molecule has 1 aliphatic rings. The van der Waals surface area contributed by atoms with Crippen LogP contribution >= 0.6 is 0 Å². The maximum atomic E-state index is 10.5. The number of likely N-dealkylation sites (N-methyl/N-ethyl adjacent to an activating group) is 1. The van der Waals surface area contributed by atoms with Gasteiger partial charge < -0.3 is 14.7 Å². The van der Waals surface area contributed by atoms with Gasteiger partial charge in [-0.15, -0.1) is 0 Å². The van der Waals surface area contributed by atoms with Crippen molar-refractivity contribution in [1.29, 1.82) is 0 Å². The molecule has 64 valence electrons. The minimum atomic E-state index is -0.888. The summed E-state index contributed by atoms with van der Waals surface area (Å²) in [5, 5.41) is 17.9. The van der Waals surface area contributed by atoms with E-state index < -0.39 is 18.0 Å². The normalized spacial score (nSPS) is 35.5. The molecule has 0 aromatic rings. The highest BCUT2D eigenvalue weighted by Crippen LogP contribution is 2.20. The van der Waals surface area contributed by atoms with Crippen molar-refractivity contribution in [1.82, 2.24) is 0 Å². The van der Waals surface area contributed by atoms with E-state index in [0.717, 1.165) is 0 Å². The smallest absolute Gasteiger partial charge is 0.315 e. The molecule has 1 aliphatic heterocycles. The molecule has 1 fully saturated rings. The van der Waals surface area contributed by atoms with Gasteiger partial charge in [-0.1, -0.05) is 0 Å². The lowest BCUT2D eigenvalue weighted by molar-refractivity contribution is -0.880. The Morgan fingerprint density at radius 2 is 2.00 bits per heavy atom. The number of carboxylic acids is 1. The quantitative estimate of drug-likeness (QED) is 0.491. The number of carbonyl (C=O) groups is 1. The number of nitrogens with zero attached hydrogens (tertiary/aromatic N) is 1. The monoisotopic (exact) mass is 160 g/mol. The first kappa shape index (κ1) is 8.49. The summed E-state index contributed by atoms with van der Waals surface area (Å²) in [7, 11) is 3.85. The van der Waals surface area contributed by atoms with Gasteiger partial charge in [0.05, 0.1) is 20.6 Å². The maximum absolute atomic E-state index is 10.5. The predicted molar refractivity (Wildman–Crippen MR) is 39.0 cm³/mol. The Hall–Kier alpha value is -0.610. The number of aliphatic hydroxyl groups is 1. The van der Waals surface area contributed by atoms with Crippen molar-refractivity contribution in [2.24, 2.45) is 5.92 Å². The molecule has 0 aromatic heterocycles. The molecular weight excluding hydrogens is 146 g/mol. The van der Waals surface area contributed by atoms with Gasteiger partial charge in [-0.05, 0) is 0 Å². The Bertz CT molecular complexity index is 179. The molecule has 4 heteroatoms. The fourth-order valence-corrected chi connectivity index (χ4v) is 1.60. The summed E-state index contributed by atoms with van der Waals surface area (Å²) in [5.74, 6) is -1.47. The minimum Gasteiger partial charge on any atom is -0.481 e. The summed E-state index contributed by atoms with van der Waals surface area (Å²) < 4.78 is 0.595. The van der Waals surface area contributed by atoms with Crippen LogP contribution in [-0.2, 0) is 4.79 Å². The van der Waals surface area contributed by atoms with Crippen molar-refractivity contribution in [3.63, 3.8) is 0 Å². The van der Waals surface area contributed by atoms with E-state index in [1.54, 1.807) is 0 Å². The van der Waals surface area contributed by atoms with Gasteiger partial charge in [0.15, 0.2) is 0 Å². The molecule has 0 saturated carbocycles. The topological polar surface area (TPSA) is 57.5 Å². The molecule has 0 bridgehead atoms.